The number of aromatic nitrogens is 1. The van der Waals surface area contributed by atoms with Crippen LogP contribution in [0.2, 0.25) is 0 Å². The zero-order chi connectivity index (χ0) is 13.1. The van der Waals surface area contributed by atoms with Crippen molar-refractivity contribution >= 4 is 11.6 Å². The van der Waals surface area contributed by atoms with Crippen molar-refractivity contribution in [3.05, 3.63) is 40.9 Å². The third-order valence-corrected chi connectivity index (χ3v) is 2.88. The van der Waals surface area contributed by atoms with Gasteiger partial charge in [0, 0.05) is 18.3 Å². The number of carbonyl (C=O) groups is 2. The highest BCUT2D eigenvalue weighted by atomic mass is 16.1. The Balaban J connectivity index is 2.28. The van der Waals surface area contributed by atoms with E-state index in [1.807, 2.05) is 0 Å². The molecule has 0 bridgehead atoms. The van der Waals surface area contributed by atoms with Gasteiger partial charge in [0.25, 0.3) is 0 Å². The first-order valence-corrected chi connectivity index (χ1v) is 6.15. The highest BCUT2D eigenvalue weighted by Gasteiger charge is 2.26. The molecule has 0 unspecified atom stereocenters. The van der Waals surface area contributed by atoms with Gasteiger partial charge < -0.3 is 5.32 Å². The number of nitrogens with one attached hydrogen (secondary N) is 1. The minimum Gasteiger partial charge on any atom is -0.382 e. The maximum Gasteiger partial charge on any atom is 0.228 e. The van der Waals surface area contributed by atoms with Gasteiger partial charge in [0.05, 0.1) is 11.3 Å². The second-order valence-corrected chi connectivity index (χ2v) is 4.38. The van der Waals surface area contributed by atoms with Crippen LogP contribution in [-0.2, 0) is 0 Å². The number of nitrogens with zero attached hydrogens (tertiary/aromatic N) is 1. The van der Waals surface area contributed by atoms with Crippen LogP contribution in [-0.4, -0.2) is 23.1 Å². The van der Waals surface area contributed by atoms with E-state index in [0.717, 1.165) is 18.5 Å². The monoisotopic (exact) mass is 244 g/mol. The summed E-state index contributed by atoms with van der Waals surface area (Å²) in [4.78, 5) is 28.2. The average molecular weight is 244 g/mol. The Morgan fingerprint density at radius 1 is 1.28 bits per heavy atom. The van der Waals surface area contributed by atoms with Crippen LogP contribution in [0.3, 0.4) is 0 Å². The average Bonchev–Trinajstić information content (AvgIpc) is 2.35. The summed E-state index contributed by atoms with van der Waals surface area (Å²) < 4.78 is 0. The molecule has 0 atom stereocenters. The topological polar surface area (TPSA) is 59.1 Å². The van der Waals surface area contributed by atoms with Crippen LogP contribution in [0.1, 0.15) is 46.3 Å². The van der Waals surface area contributed by atoms with Gasteiger partial charge in [-0.05, 0) is 25.5 Å². The van der Waals surface area contributed by atoms with Crippen LogP contribution >= 0.6 is 0 Å². The first-order valence-electron chi connectivity index (χ1n) is 6.15. The molecule has 0 saturated heterocycles. The quantitative estimate of drug-likeness (QED) is 0.823. The summed E-state index contributed by atoms with van der Waals surface area (Å²) in [7, 11) is 0. The summed E-state index contributed by atoms with van der Waals surface area (Å²) in [6.45, 7) is 4.58. The minimum atomic E-state index is -0.190. The number of unbranched alkanes of at least 4 members (excludes halogenated alkanes) is 1. The molecule has 0 radical (unpaired) electrons. The third kappa shape index (κ3) is 2.32. The number of fused-ring (bicyclic) bond motifs is 1. The second kappa shape index (κ2) is 5.12. The molecule has 0 aliphatic heterocycles. The Kier molecular flexibility index (Phi) is 3.55. The first-order chi connectivity index (χ1) is 8.63. The number of carbonyl (C=O) groups excluding carboxylic acids is 2. The largest absolute Gasteiger partial charge is 0.382 e. The molecule has 1 aromatic heterocycles. The molecule has 4 nitrogen and oxygen atoms in total. The summed E-state index contributed by atoms with van der Waals surface area (Å²) in [5.74, 6) is -0.347. The van der Waals surface area contributed by atoms with Crippen LogP contribution in [0.25, 0.3) is 0 Å². The fourth-order valence-corrected chi connectivity index (χ4v) is 1.86. The summed E-state index contributed by atoms with van der Waals surface area (Å²) >= 11 is 0. The molecular formula is C14H16N2O2. The molecule has 18 heavy (non-hydrogen) atoms. The fraction of sp³-hybridized carbons (Fsp3) is 0.357. The molecule has 1 aliphatic rings. The maximum absolute atomic E-state index is 12.2. The lowest BCUT2D eigenvalue weighted by Crippen LogP contribution is -2.28. The molecule has 0 fully saturated rings. The number of hydrogen-bond donors (Lipinski definition) is 1. The van der Waals surface area contributed by atoms with Crippen molar-refractivity contribution in [3.8, 4) is 0 Å². The number of rotatable bonds is 4. The number of hydrogen-bond acceptors (Lipinski definition) is 4. The van der Waals surface area contributed by atoms with Gasteiger partial charge in [0.2, 0.25) is 5.78 Å². The number of aryl methyl sites for hydroxylation is 1. The minimum absolute atomic E-state index is 0.156. The smallest absolute Gasteiger partial charge is 0.228 e. The van der Waals surface area contributed by atoms with Gasteiger partial charge in [0.15, 0.2) is 5.78 Å². The van der Waals surface area contributed by atoms with Crippen molar-refractivity contribution in [2.75, 3.05) is 6.54 Å². The van der Waals surface area contributed by atoms with Crippen LogP contribution < -0.4 is 5.32 Å². The molecule has 94 valence electrons. The van der Waals surface area contributed by atoms with E-state index in [2.05, 4.69) is 17.2 Å². The summed E-state index contributed by atoms with van der Waals surface area (Å²) in [5.41, 5.74) is 1.76. The Hall–Kier alpha value is -1.97. The molecule has 2 rings (SSSR count). The van der Waals surface area contributed by atoms with Crippen LogP contribution in [0.15, 0.2) is 23.9 Å². The Morgan fingerprint density at radius 3 is 2.78 bits per heavy atom. The molecule has 0 amide bonds. The van der Waals surface area contributed by atoms with Crippen molar-refractivity contribution in [2.24, 2.45) is 0 Å². The number of allylic oxidation sites excluding steroid dienone is 2. The van der Waals surface area contributed by atoms with E-state index >= 15 is 0 Å². The Labute approximate surface area is 106 Å². The second-order valence-electron chi connectivity index (χ2n) is 4.38. The molecule has 0 saturated carbocycles. The predicted molar refractivity (Wildman–Crippen MR) is 68.6 cm³/mol. The van der Waals surface area contributed by atoms with Crippen molar-refractivity contribution in [1.82, 2.24) is 10.3 Å². The van der Waals surface area contributed by atoms with E-state index in [-0.39, 0.29) is 17.3 Å². The standard InChI is InChI=1S/C14H16N2O2/c1-3-4-7-15-11-8-12(17)10-6-5-9(2)16-13(10)14(11)18/h5-6,8,15H,3-4,7H2,1-2H3. The first kappa shape index (κ1) is 12.5. The normalized spacial score (nSPS) is 14.2. The molecule has 4 heteroatoms. The molecule has 1 N–H and O–H groups in total. The molecular weight excluding hydrogens is 228 g/mol. The fourth-order valence-electron chi connectivity index (χ4n) is 1.86. The highest BCUT2D eigenvalue weighted by Crippen LogP contribution is 2.18. The lowest BCUT2D eigenvalue weighted by atomic mass is 9.97. The van der Waals surface area contributed by atoms with E-state index in [1.165, 1.54) is 6.08 Å². The SMILES string of the molecule is CCCCNC1=CC(=O)c2ccc(C)nc2C1=O. The van der Waals surface area contributed by atoms with Crippen LogP contribution in [0.4, 0.5) is 0 Å². The molecule has 1 heterocycles. The van der Waals surface area contributed by atoms with E-state index < -0.39 is 0 Å². The predicted octanol–water partition coefficient (Wildman–Crippen LogP) is 2.04. The lowest BCUT2D eigenvalue weighted by molar-refractivity contribution is 0.0974. The highest BCUT2D eigenvalue weighted by molar-refractivity contribution is 6.23. The number of pyridine rings is 1. The van der Waals surface area contributed by atoms with Crippen molar-refractivity contribution < 1.29 is 9.59 Å². The molecule has 1 aromatic rings. The van der Waals surface area contributed by atoms with Gasteiger partial charge in [-0.2, -0.15) is 0 Å². The van der Waals surface area contributed by atoms with E-state index in [9.17, 15) is 9.59 Å². The van der Waals surface area contributed by atoms with Gasteiger partial charge in [-0.1, -0.05) is 13.3 Å². The van der Waals surface area contributed by atoms with Gasteiger partial charge in [-0.15, -0.1) is 0 Å². The Bertz CT molecular complexity index is 533. The van der Waals surface area contributed by atoms with Crippen LogP contribution in [0.5, 0.6) is 0 Å². The summed E-state index contributed by atoms with van der Waals surface area (Å²) in [6, 6.07) is 3.41. The van der Waals surface area contributed by atoms with Crippen molar-refractivity contribution in [2.45, 2.75) is 26.7 Å². The van der Waals surface area contributed by atoms with Gasteiger partial charge in [0.1, 0.15) is 5.69 Å². The Morgan fingerprint density at radius 2 is 2.06 bits per heavy atom. The lowest BCUT2D eigenvalue weighted by Gasteiger charge is -2.15. The zero-order valence-corrected chi connectivity index (χ0v) is 10.6. The van der Waals surface area contributed by atoms with E-state index in [4.69, 9.17) is 0 Å². The van der Waals surface area contributed by atoms with Gasteiger partial charge in [-0.3, -0.25) is 9.59 Å². The van der Waals surface area contributed by atoms with Crippen molar-refractivity contribution in [3.63, 3.8) is 0 Å². The van der Waals surface area contributed by atoms with Gasteiger partial charge in [-0.25, -0.2) is 4.98 Å². The van der Waals surface area contributed by atoms with Gasteiger partial charge >= 0.3 is 0 Å². The third-order valence-electron chi connectivity index (χ3n) is 2.88. The van der Waals surface area contributed by atoms with E-state index in [0.29, 0.717) is 17.8 Å². The van der Waals surface area contributed by atoms with Crippen LogP contribution in [0, 0.1) is 6.92 Å². The number of ketones is 2. The van der Waals surface area contributed by atoms with Crippen molar-refractivity contribution in [1.29, 1.82) is 0 Å². The number of Topliss-reactive ketones (excluding diaryl/α,β-unsaturated/α-hetero) is 1. The molecule has 0 spiro atoms. The zero-order valence-electron chi connectivity index (χ0n) is 10.6. The molecule has 1 aliphatic carbocycles. The molecule has 0 aromatic carbocycles. The van der Waals surface area contributed by atoms with E-state index in [1.54, 1.807) is 19.1 Å². The maximum atomic E-state index is 12.2. The summed E-state index contributed by atoms with van der Waals surface area (Å²) in [6.07, 6.45) is 3.38. The summed E-state index contributed by atoms with van der Waals surface area (Å²) in [5, 5.41) is 3.01.